The normalized spacial score (nSPS) is 30.3. The molecule has 198 valence electrons. The summed E-state index contributed by atoms with van der Waals surface area (Å²) in [6.45, 7) is 3.13. The molecule has 5 nitrogen and oxygen atoms in total. The molecule has 3 aliphatic heterocycles. The Morgan fingerprint density at radius 1 is 1.03 bits per heavy atom. The molecule has 4 aliphatic rings. The predicted octanol–water partition coefficient (Wildman–Crippen LogP) is 4.75. The Balaban J connectivity index is 1.33. The number of rotatable bonds is 4. The van der Waals surface area contributed by atoms with Crippen LogP contribution in [0, 0.1) is 17.7 Å². The summed E-state index contributed by atoms with van der Waals surface area (Å²) in [5, 5.41) is 7.00. The summed E-state index contributed by atoms with van der Waals surface area (Å²) in [4.78, 5) is 16.8. The topological polar surface area (TPSA) is 53.6 Å². The van der Waals surface area contributed by atoms with Crippen LogP contribution < -0.4 is 15.4 Å². The molecule has 1 spiro atoms. The molecule has 6 rings (SSSR count). The Morgan fingerprint density at radius 3 is 2.59 bits per heavy atom. The molecule has 0 unspecified atom stereocenters. The van der Waals surface area contributed by atoms with E-state index in [-0.39, 0.29) is 23.7 Å². The largest absolute Gasteiger partial charge is 0.496 e. The van der Waals surface area contributed by atoms with E-state index in [2.05, 4.69) is 45.9 Å². The molecule has 1 saturated carbocycles. The number of nitrogens with zero attached hydrogens (tertiary/aromatic N) is 1. The predicted molar refractivity (Wildman–Crippen MR) is 143 cm³/mol. The van der Waals surface area contributed by atoms with Crippen LogP contribution in [-0.4, -0.2) is 50.1 Å². The quantitative estimate of drug-likeness (QED) is 0.630. The summed E-state index contributed by atoms with van der Waals surface area (Å²) in [7, 11) is 1.63. The van der Waals surface area contributed by atoms with Crippen LogP contribution in [0.5, 0.6) is 5.75 Å². The highest BCUT2D eigenvalue weighted by atomic mass is 19.1. The molecular weight excluding hydrogens is 465 g/mol. The fourth-order valence-corrected chi connectivity index (χ4v) is 8.00. The minimum atomic E-state index is -0.601. The summed E-state index contributed by atoms with van der Waals surface area (Å²) < 4.78 is 21.1. The molecule has 37 heavy (non-hydrogen) atoms. The first-order valence-electron chi connectivity index (χ1n) is 14.2. The van der Waals surface area contributed by atoms with Crippen molar-refractivity contribution in [3.63, 3.8) is 0 Å². The minimum absolute atomic E-state index is 0.212. The third kappa shape index (κ3) is 4.36. The Kier molecular flexibility index (Phi) is 6.97. The van der Waals surface area contributed by atoms with Crippen molar-refractivity contribution in [2.24, 2.45) is 11.8 Å². The first-order chi connectivity index (χ1) is 18.1. The molecule has 2 aromatic rings. The molecule has 2 saturated heterocycles. The van der Waals surface area contributed by atoms with Crippen LogP contribution in [0.25, 0.3) is 0 Å². The summed E-state index contributed by atoms with van der Waals surface area (Å²) in [6, 6.07) is 14.3. The Morgan fingerprint density at radius 2 is 1.81 bits per heavy atom. The molecular formula is C31H40FN3O2. The van der Waals surface area contributed by atoms with Gasteiger partial charge in [-0.1, -0.05) is 49.6 Å². The van der Waals surface area contributed by atoms with Crippen molar-refractivity contribution in [2.75, 3.05) is 33.3 Å². The van der Waals surface area contributed by atoms with E-state index < -0.39 is 5.41 Å². The first-order valence-corrected chi connectivity index (χ1v) is 14.2. The number of carbonyl (C=O) groups excluding carboxylic acids is 1. The van der Waals surface area contributed by atoms with Gasteiger partial charge in [-0.3, -0.25) is 4.79 Å². The number of hydrogen-bond acceptors (Lipinski definition) is 4. The van der Waals surface area contributed by atoms with E-state index >= 15 is 4.39 Å². The number of ether oxygens (including phenoxy) is 1. The highest BCUT2D eigenvalue weighted by Crippen LogP contribution is 2.46. The second kappa shape index (κ2) is 10.4. The Labute approximate surface area is 220 Å². The average molecular weight is 506 g/mol. The number of piperidine rings is 1. The molecule has 1 aliphatic carbocycles. The van der Waals surface area contributed by atoms with Gasteiger partial charge >= 0.3 is 0 Å². The zero-order valence-electron chi connectivity index (χ0n) is 22.0. The number of likely N-dealkylation sites (tertiary alicyclic amines) is 1. The molecule has 1 amide bonds. The monoisotopic (exact) mass is 505 g/mol. The van der Waals surface area contributed by atoms with Gasteiger partial charge in [0.05, 0.1) is 13.0 Å². The van der Waals surface area contributed by atoms with Gasteiger partial charge in [0.1, 0.15) is 11.6 Å². The van der Waals surface area contributed by atoms with Crippen LogP contribution in [0.15, 0.2) is 42.5 Å². The smallest absolute Gasteiger partial charge is 0.228 e. The van der Waals surface area contributed by atoms with Gasteiger partial charge in [0.2, 0.25) is 5.91 Å². The molecule has 0 aromatic heterocycles. The van der Waals surface area contributed by atoms with Crippen LogP contribution in [0.1, 0.15) is 67.6 Å². The first kappa shape index (κ1) is 24.9. The second-order valence-corrected chi connectivity index (χ2v) is 11.7. The number of hydrogen-bond donors (Lipinski definition) is 2. The maximum atomic E-state index is 15.5. The van der Waals surface area contributed by atoms with E-state index in [1.807, 2.05) is 0 Å². The zero-order valence-corrected chi connectivity index (χ0v) is 22.0. The van der Waals surface area contributed by atoms with Gasteiger partial charge in [-0.25, -0.2) is 4.39 Å². The van der Waals surface area contributed by atoms with Gasteiger partial charge in [0, 0.05) is 55.3 Å². The maximum absolute atomic E-state index is 15.5. The maximum Gasteiger partial charge on any atom is 0.228 e. The summed E-state index contributed by atoms with van der Waals surface area (Å²) in [5.41, 5.74) is 2.34. The third-order valence-electron chi connectivity index (χ3n) is 9.83. The van der Waals surface area contributed by atoms with Crippen LogP contribution in [-0.2, 0) is 16.8 Å². The van der Waals surface area contributed by atoms with Gasteiger partial charge in [0.15, 0.2) is 0 Å². The Bertz CT molecular complexity index is 1120. The number of nitrogens with one attached hydrogen (secondary N) is 2. The van der Waals surface area contributed by atoms with Crippen molar-refractivity contribution in [2.45, 2.75) is 68.9 Å². The number of halogens is 1. The zero-order chi connectivity index (χ0) is 25.4. The lowest BCUT2D eigenvalue weighted by molar-refractivity contribution is -0.142. The minimum Gasteiger partial charge on any atom is -0.496 e. The number of fused-ring (bicyclic) bond motifs is 2. The number of amides is 1. The molecule has 4 atom stereocenters. The lowest BCUT2D eigenvalue weighted by Gasteiger charge is -2.48. The average Bonchev–Trinajstić information content (AvgIpc) is 3.37. The molecule has 6 heteroatoms. The number of benzene rings is 2. The van der Waals surface area contributed by atoms with Gasteiger partial charge in [0.25, 0.3) is 0 Å². The molecule has 2 aromatic carbocycles. The van der Waals surface area contributed by atoms with Gasteiger partial charge < -0.3 is 20.3 Å². The number of carbonyl (C=O) groups is 1. The third-order valence-corrected chi connectivity index (χ3v) is 9.83. The molecule has 2 N–H and O–H groups in total. The number of methoxy groups -OCH3 is 1. The van der Waals surface area contributed by atoms with E-state index in [1.165, 1.54) is 43.7 Å². The summed E-state index contributed by atoms with van der Waals surface area (Å²) in [5.74, 6) is 1.45. The van der Waals surface area contributed by atoms with Crippen LogP contribution >= 0.6 is 0 Å². The lowest BCUT2D eigenvalue weighted by Crippen LogP contribution is -2.57. The van der Waals surface area contributed by atoms with E-state index in [9.17, 15) is 4.79 Å². The van der Waals surface area contributed by atoms with Crippen LogP contribution in [0.2, 0.25) is 0 Å². The summed E-state index contributed by atoms with van der Waals surface area (Å²) in [6.07, 6.45) is 8.26. The molecule has 3 fully saturated rings. The van der Waals surface area contributed by atoms with Crippen molar-refractivity contribution in [1.82, 2.24) is 15.5 Å². The van der Waals surface area contributed by atoms with Crippen molar-refractivity contribution < 1.29 is 13.9 Å². The fraction of sp³-hybridized carbons (Fsp3) is 0.581. The van der Waals surface area contributed by atoms with Gasteiger partial charge in [-0.15, -0.1) is 0 Å². The van der Waals surface area contributed by atoms with E-state index in [0.717, 1.165) is 24.9 Å². The highest BCUT2D eigenvalue weighted by Gasteiger charge is 2.54. The van der Waals surface area contributed by atoms with Crippen molar-refractivity contribution in [1.29, 1.82) is 0 Å². The van der Waals surface area contributed by atoms with Gasteiger partial charge in [-0.05, 0) is 55.2 Å². The molecule has 0 radical (unpaired) electrons. The fourth-order valence-electron chi connectivity index (χ4n) is 8.00. The highest BCUT2D eigenvalue weighted by molar-refractivity contribution is 5.82. The van der Waals surface area contributed by atoms with Crippen LogP contribution in [0.4, 0.5) is 4.39 Å². The van der Waals surface area contributed by atoms with Crippen molar-refractivity contribution >= 4 is 5.91 Å². The SMILES string of the molecule is COc1ccc(F)c2c1CNC[C@]21CNC[C@H]1C(=O)N1CC[C@@H](c2ccccc2)C[C@H]1C1CCCCC1. The Hall–Kier alpha value is -2.44. The molecule has 3 heterocycles. The van der Waals surface area contributed by atoms with Crippen LogP contribution in [0.3, 0.4) is 0 Å². The standard InChI is InChI=1S/C31H40FN3O2/c1-37-28-13-12-26(32)29-24(28)17-33-19-31(29)20-34-18-25(31)30(36)35-15-14-23(21-8-4-2-5-9-21)16-27(35)22-10-6-3-7-11-22/h2,4-5,8-9,12-13,22-23,25,27,33-34H,3,6-7,10-11,14-20H2,1H3/t23-,25+,27+,31-/m1/s1. The van der Waals surface area contributed by atoms with E-state index in [4.69, 9.17) is 4.74 Å². The van der Waals surface area contributed by atoms with Gasteiger partial charge in [-0.2, -0.15) is 0 Å². The van der Waals surface area contributed by atoms with E-state index in [0.29, 0.717) is 49.3 Å². The molecule has 0 bridgehead atoms. The van der Waals surface area contributed by atoms with Crippen molar-refractivity contribution in [3.05, 3.63) is 65.0 Å². The van der Waals surface area contributed by atoms with Crippen molar-refractivity contribution in [3.8, 4) is 5.75 Å². The van der Waals surface area contributed by atoms with E-state index in [1.54, 1.807) is 13.2 Å². The summed E-state index contributed by atoms with van der Waals surface area (Å²) >= 11 is 0. The lowest BCUT2D eigenvalue weighted by atomic mass is 9.67. The second-order valence-electron chi connectivity index (χ2n) is 11.7.